The van der Waals surface area contributed by atoms with Gasteiger partial charge >= 0.3 is 0 Å². The molecule has 0 atom stereocenters. The first-order valence-corrected chi connectivity index (χ1v) is 7.15. The summed E-state index contributed by atoms with van der Waals surface area (Å²) in [5.41, 5.74) is 5.41. The molecule has 0 aromatic heterocycles. The Morgan fingerprint density at radius 2 is 1.79 bits per heavy atom. The number of methoxy groups -OCH3 is 1. The van der Waals surface area contributed by atoms with E-state index in [0.29, 0.717) is 17.2 Å². The van der Waals surface area contributed by atoms with Crippen LogP contribution in [0.1, 0.15) is 16.8 Å². The molecule has 0 aliphatic carbocycles. The zero-order chi connectivity index (χ0) is 17.5. The Hall–Kier alpha value is -3.09. The first-order chi connectivity index (χ1) is 11.5. The minimum Gasteiger partial charge on any atom is -0.497 e. The number of anilines is 1. The highest BCUT2D eigenvalue weighted by atomic mass is 19.1. The normalized spacial score (nSPS) is 10.1. The van der Waals surface area contributed by atoms with Gasteiger partial charge in [0.2, 0.25) is 5.91 Å². The second-order valence-corrected chi connectivity index (χ2v) is 4.89. The molecule has 0 radical (unpaired) electrons. The molecule has 2 amide bonds. The van der Waals surface area contributed by atoms with Gasteiger partial charge in [0, 0.05) is 11.8 Å². The molecular formula is C17H17FN2O4. The Labute approximate surface area is 138 Å². The number of carbonyl (C=O) groups excluding carboxylic acids is 2. The molecule has 0 spiro atoms. The van der Waals surface area contributed by atoms with Gasteiger partial charge in [0.1, 0.15) is 17.3 Å². The fourth-order valence-corrected chi connectivity index (χ4v) is 1.91. The molecule has 0 saturated heterocycles. The van der Waals surface area contributed by atoms with Crippen LogP contribution in [0.5, 0.6) is 11.5 Å². The second kappa shape index (κ2) is 7.96. The first-order valence-electron chi connectivity index (χ1n) is 7.15. The van der Waals surface area contributed by atoms with Crippen LogP contribution in [0.3, 0.4) is 0 Å². The van der Waals surface area contributed by atoms with Gasteiger partial charge < -0.3 is 20.5 Å². The molecule has 0 saturated carbocycles. The predicted molar refractivity (Wildman–Crippen MR) is 86.7 cm³/mol. The van der Waals surface area contributed by atoms with Crippen LogP contribution in [0.25, 0.3) is 0 Å². The number of ether oxygens (including phenoxy) is 2. The number of hydrogen-bond acceptors (Lipinski definition) is 4. The number of halogens is 1. The number of rotatable bonds is 7. The minimum absolute atomic E-state index is 0.0856. The summed E-state index contributed by atoms with van der Waals surface area (Å²) >= 11 is 0. The molecule has 2 aromatic rings. The van der Waals surface area contributed by atoms with Crippen LogP contribution in [0, 0.1) is 5.82 Å². The number of benzene rings is 2. The molecular weight excluding hydrogens is 315 g/mol. The van der Waals surface area contributed by atoms with E-state index in [0.717, 1.165) is 6.07 Å². The number of amides is 2. The Morgan fingerprint density at radius 3 is 2.38 bits per heavy atom. The van der Waals surface area contributed by atoms with E-state index in [4.69, 9.17) is 15.2 Å². The van der Waals surface area contributed by atoms with E-state index >= 15 is 0 Å². The number of nitrogens with two attached hydrogens (primary N) is 1. The van der Waals surface area contributed by atoms with Crippen LogP contribution >= 0.6 is 0 Å². The van der Waals surface area contributed by atoms with Crippen LogP contribution in [-0.4, -0.2) is 25.5 Å². The SMILES string of the molecule is COc1ccc(C(=O)Nc2ccc(OCCC(N)=O)cc2)c(F)c1. The molecule has 0 unspecified atom stereocenters. The van der Waals surface area contributed by atoms with E-state index in [1.54, 1.807) is 24.3 Å². The smallest absolute Gasteiger partial charge is 0.258 e. The molecule has 126 valence electrons. The van der Waals surface area contributed by atoms with Crippen LogP contribution in [-0.2, 0) is 4.79 Å². The second-order valence-electron chi connectivity index (χ2n) is 4.89. The third-order valence-electron chi connectivity index (χ3n) is 3.15. The van der Waals surface area contributed by atoms with Crippen molar-refractivity contribution in [3.05, 3.63) is 53.8 Å². The molecule has 0 aliphatic heterocycles. The zero-order valence-electron chi connectivity index (χ0n) is 13.0. The summed E-state index contributed by atoms with van der Waals surface area (Å²) in [4.78, 5) is 22.7. The van der Waals surface area contributed by atoms with Crippen molar-refractivity contribution >= 4 is 17.5 Å². The molecule has 2 aromatic carbocycles. The maximum Gasteiger partial charge on any atom is 0.258 e. The summed E-state index contributed by atoms with van der Waals surface area (Å²) in [5, 5.41) is 2.59. The fourth-order valence-electron chi connectivity index (χ4n) is 1.91. The topological polar surface area (TPSA) is 90.7 Å². The molecule has 0 bridgehead atoms. The lowest BCUT2D eigenvalue weighted by Crippen LogP contribution is -2.15. The summed E-state index contributed by atoms with van der Waals surface area (Å²) in [6.07, 6.45) is 0.120. The molecule has 24 heavy (non-hydrogen) atoms. The quantitative estimate of drug-likeness (QED) is 0.814. The van der Waals surface area contributed by atoms with Gasteiger partial charge in [-0.3, -0.25) is 9.59 Å². The summed E-state index contributed by atoms with van der Waals surface area (Å²) in [5.74, 6) is -0.817. The van der Waals surface area contributed by atoms with Gasteiger partial charge in [0.15, 0.2) is 0 Å². The van der Waals surface area contributed by atoms with Crippen molar-refractivity contribution in [2.45, 2.75) is 6.42 Å². The summed E-state index contributed by atoms with van der Waals surface area (Å²) in [6.45, 7) is 0.179. The van der Waals surface area contributed by atoms with Crippen molar-refractivity contribution in [1.82, 2.24) is 0 Å². The number of carbonyl (C=O) groups is 2. The fraction of sp³-hybridized carbons (Fsp3) is 0.176. The monoisotopic (exact) mass is 332 g/mol. The first kappa shape index (κ1) is 17.3. The standard InChI is InChI=1S/C17H17FN2O4/c1-23-13-6-7-14(15(18)10-13)17(22)20-11-2-4-12(5-3-11)24-9-8-16(19)21/h2-7,10H,8-9H2,1H3,(H2,19,21)(H,20,22). The van der Waals surface area contributed by atoms with E-state index in [-0.39, 0.29) is 18.6 Å². The van der Waals surface area contributed by atoms with Gasteiger partial charge in [-0.25, -0.2) is 4.39 Å². The Balaban J connectivity index is 1.98. The maximum absolute atomic E-state index is 13.9. The lowest BCUT2D eigenvalue weighted by molar-refractivity contribution is -0.118. The summed E-state index contributed by atoms with van der Waals surface area (Å²) < 4.78 is 24.1. The number of nitrogens with one attached hydrogen (secondary N) is 1. The third-order valence-corrected chi connectivity index (χ3v) is 3.15. The third kappa shape index (κ3) is 4.70. The molecule has 3 N–H and O–H groups in total. The van der Waals surface area contributed by atoms with E-state index in [1.165, 1.54) is 19.2 Å². The Morgan fingerprint density at radius 1 is 1.12 bits per heavy atom. The van der Waals surface area contributed by atoms with Gasteiger partial charge in [-0.15, -0.1) is 0 Å². The van der Waals surface area contributed by atoms with Crippen molar-refractivity contribution in [2.75, 3.05) is 19.0 Å². The van der Waals surface area contributed by atoms with E-state index < -0.39 is 17.6 Å². The minimum atomic E-state index is -0.668. The lowest BCUT2D eigenvalue weighted by atomic mass is 10.2. The van der Waals surface area contributed by atoms with Gasteiger partial charge in [0.25, 0.3) is 5.91 Å². The number of hydrogen-bond donors (Lipinski definition) is 2. The molecule has 0 aliphatic rings. The number of primary amides is 1. The molecule has 0 fully saturated rings. The summed E-state index contributed by atoms with van der Waals surface area (Å²) in [6, 6.07) is 10.5. The van der Waals surface area contributed by atoms with E-state index in [9.17, 15) is 14.0 Å². The summed E-state index contributed by atoms with van der Waals surface area (Å²) in [7, 11) is 1.42. The highest BCUT2D eigenvalue weighted by molar-refractivity contribution is 6.04. The Kier molecular flexibility index (Phi) is 5.73. The zero-order valence-corrected chi connectivity index (χ0v) is 13.0. The average Bonchev–Trinajstić information content (AvgIpc) is 2.55. The van der Waals surface area contributed by atoms with Gasteiger partial charge in [-0.05, 0) is 36.4 Å². The van der Waals surface area contributed by atoms with Crippen molar-refractivity contribution in [1.29, 1.82) is 0 Å². The molecule has 2 rings (SSSR count). The maximum atomic E-state index is 13.9. The van der Waals surface area contributed by atoms with Crippen molar-refractivity contribution in [2.24, 2.45) is 5.73 Å². The van der Waals surface area contributed by atoms with Crippen LogP contribution in [0.2, 0.25) is 0 Å². The molecule has 6 nitrogen and oxygen atoms in total. The average molecular weight is 332 g/mol. The molecule has 0 heterocycles. The van der Waals surface area contributed by atoms with Crippen LogP contribution in [0.15, 0.2) is 42.5 Å². The van der Waals surface area contributed by atoms with Crippen LogP contribution < -0.4 is 20.5 Å². The predicted octanol–water partition coefficient (Wildman–Crippen LogP) is 2.34. The lowest BCUT2D eigenvalue weighted by Gasteiger charge is -2.09. The van der Waals surface area contributed by atoms with Gasteiger partial charge in [-0.1, -0.05) is 0 Å². The van der Waals surface area contributed by atoms with Gasteiger partial charge in [-0.2, -0.15) is 0 Å². The van der Waals surface area contributed by atoms with E-state index in [1.807, 2.05) is 0 Å². The van der Waals surface area contributed by atoms with Crippen LogP contribution in [0.4, 0.5) is 10.1 Å². The highest BCUT2D eigenvalue weighted by Gasteiger charge is 2.13. The molecule has 7 heteroatoms. The van der Waals surface area contributed by atoms with E-state index in [2.05, 4.69) is 5.32 Å². The van der Waals surface area contributed by atoms with Crippen molar-refractivity contribution in [3.63, 3.8) is 0 Å². The highest BCUT2D eigenvalue weighted by Crippen LogP contribution is 2.19. The largest absolute Gasteiger partial charge is 0.497 e. The van der Waals surface area contributed by atoms with Crippen molar-refractivity contribution in [3.8, 4) is 11.5 Å². The Bertz CT molecular complexity index is 732. The van der Waals surface area contributed by atoms with Crippen molar-refractivity contribution < 1.29 is 23.5 Å². The van der Waals surface area contributed by atoms with Gasteiger partial charge in [0.05, 0.1) is 25.7 Å².